The zero-order valence-corrected chi connectivity index (χ0v) is 13.9. The van der Waals surface area contributed by atoms with Gasteiger partial charge in [-0.25, -0.2) is 9.78 Å². The van der Waals surface area contributed by atoms with Crippen LogP contribution in [0.2, 0.25) is 0 Å². The molecule has 0 aromatic heterocycles. The third kappa shape index (κ3) is 1.67. The molecule has 0 amide bonds. The molecule has 5 fully saturated rings. The Morgan fingerprint density at radius 1 is 1.05 bits per heavy atom. The van der Waals surface area contributed by atoms with E-state index >= 15 is 0 Å². The van der Waals surface area contributed by atoms with E-state index in [9.17, 15) is 0 Å². The van der Waals surface area contributed by atoms with Gasteiger partial charge in [0.2, 0.25) is 5.79 Å². The van der Waals surface area contributed by atoms with Gasteiger partial charge in [0.1, 0.15) is 5.01 Å². The molecular formula is C15H23BrO4. The van der Waals surface area contributed by atoms with Crippen LogP contribution < -0.4 is 0 Å². The first-order valence-electron chi connectivity index (χ1n) is 7.80. The number of halogens is 1. The van der Waals surface area contributed by atoms with Crippen LogP contribution in [0.15, 0.2) is 0 Å². The van der Waals surface area contributed by atoms with Crippen LogP contribution >= 0.6 is 15.9 Å². The van der Waals surface area contributed by atoms with Crippen LogP contribution in [0.25, 0.3) is 0 Å². The van der Waals surface area contributed by atoms with Crippen molar-refractivity contribution in [2.24, 2.45) is 23.7 Å². The minimum absolute atomic E-state index is 0.0312. The first kappa shape index (κ1) is 13.9. The van der Waals surface area contributed by atoms with Gasteiger partial charge < -0.3 is 9.47 Å². The Labute approximate surface area is 128 Å². The molecule has 0 unspecified atom stereocenters. The van der Waals surface area contributed by atoms with Crippen molar-refractivity contribution in [1.29, 1.82) is 0 Å². The van der Waals surface area contributed by atoms with Gasteiger partial charge in [0.05, 0.1) is 0 Å². The van der Waals surface area contributed by atoms with Gasteiger partial charge in [-0.1, -0.05) is 29.8 Å². The average Bonchev–Trinajstić information content (AvgIpc) is 2.63. The fourth-order valence-electron chi connectivity index (χ4n) is 4.86. The molecule has 4 saturated heterocycles. The first-order valence-corrected chi connectivity index (χ1v) is 8.72. The average molecular weight is 347 g/mol. The Morgan fingerprint density at radius 3 is 2.65 bits per heavy atom. The molecule has 5 rings (SSSR count). The van der Waals surface area contributed by atoms with Crippen LogP contribution in [0, 0.1) is 23.7 Å². The summed E-state index contributed by atoms with van der Waals surface area (Å²) in [6, 6.07) is 0. The highest BCUT2D eigenvalue weighted by Crippen LogP contribution is 2.60. The third-order valence-corrected chi connectivity index (χ3v) is 7.13. The highest BCUT2D eigenvalue weighted by molar-refractivity contribution is 9.09. The third-order valence-electron chi connectivity index (χ3n) is 6.08. The summed E-state index contributed by atoms with van der Waals surface area (Å²) in [6.07, 6.45) is 4.06. The fourth-order valence-corrected chi connectivity index (χ4v) is 5.43. The van der Waals surface area contributed by atoms with Crippen molar-refractivity contribution < 1.29 is 19.2 Å². The van der Waals surface area contributed by atoms with Gasteiger partial charge in [-0.15, -0.1) is 0 Å². The molecule has 0 aromatic rings. The quantitative estimate of drug-likeness (QED) is 0.496. The van der Waals surface area contributed by atoms with Gasteiger partial charge in [0.15, 0.2) is 11.9 Å². The molecule has 8 atom stereocenters. The second kappa shape index (κ2) is 4.42. The fraction of sp³-hybridized carbons (Fsp3) is 1.00. The maximum atomic E-state index is 6.20. The maximum absolute atomic E-state index is 6.20. The Hall–Kier alpha value is 0.320. The Kier molecular flexibility index (Phi) is 3.08. The summed E-state index contributed by atoms with van der Waals surface area (Å²) in [5.74, 6) is 1.25. The summed E-state index contributed by atoms with van der Waals surface area (Å²) in [7, 11) is 0. The molecule has 20 heavy (non-hydrogen) atoms. The second-order valence-corrected chi connectivity index (χ2v) is 8.16. The summed E-state index contributed by atoms with van der Waals surface area (Å²) in [6.45, 7) is 6.54. The Balaban J connectivity index is 1.82. The SMILES string of the molecule is C[C@H]1[C@@H](Br)O[C@@H]2O[C@@]3(C)CC[C@H]4[C@H](C)CC[C@@H]1[C@@]24OO3. The number of fused-ring (bicyclic) bond motifs is 2. The molecule has 114 valence electrons. The van der Waals surface area contributed by atoms with Crippen molar-refractivity contribution >= 4 is 15.9 Å². The molecule has 4 nitrogen and oxygen atoms in total. The number of hydrogen-bond donors (Lipinski definition) is 0. The molecule has 1 aliphatic carbocycles. The molecule has 5 heteroatoms. The number of hydrogen-bond acceptors (Lipinski definition) is 4. The molecule has 1 saturated carbocycles. The lowest BCUT2D eigenvalue weighted by Gasteiger charge is -2.59. The van der Waals surface area contributed by atoms with Crippen molar-refractivity contribution in [3.8, 4) is 0 Å². The summed E-state index contributed by atoms with van der Waals surface area (Å²) in [5.41, 5.74) is -0.419. The van der Waals surface area contributed by atoms with E-state index in [0.29, 0.717) is 23.7 Å². The van der Waals surface area contributed by atoms with E-state index < -0.39 is 11.4 Å². The van der Waals surface area contributed by atoms with Crippen LogP contribution in [0.5, 0.6) is 0 Å². The van der Waals surface area contributed by atoms with E-state index in [2.05, 4.69) is 29.8 Å². The molecule has 0 aromatic carbocycles. The minimum Gasteiger partial charge on any atom is -0.335 e. The van der Waals surface area contributed by atoms with Crippen LogP contribution in [-0.2, 0) is 19.2 Å². The van der Waals surface area contributed by atoms with Crippen LogP contribution in [0.3, 0.4) is 0 Å². The van der Waals surface area contributed by atoms with Crippen molar-refractivity contribution in [1.82, 2.24) is 0 Å². The molecule has 4 aliphatic heterocycles. The molecule has 4 heterocycles. The smallest absolute Gasteiger partial charge is 0.201 e. The molecule has 0 radical (unpaired) electrons. The van der Waals surface area contributed by atoms with Gasteiger partial charge in [0, 0.05) is 12.3 Å². The maximum Gasteiger partial charge on any atom is 0.201 e. The van der Waals surface area contributed by atoms with Crippen LogP contribution in [0.1, 0.15) is 46.5 Å². The van der Waals surface area contributed by atoms with E-state index in [1.54, 1.807) is 0 Å². The minimum atomic E-state index is -0.662. The second-order valence-electron chi connectivity index (χ2n) is 7.26. The number of ether oxygens (including phenoxy) is 2. The highest BCUT2D eigenvalue weighted by atomic mass is 79.9. The summed E-state index contributed by atoms with van der Waals surface area (Å²) in [4.78, 5) is 11.8. The number of alkyl halides is 1. The van der Waals surface area contributed by atoms with Crippen molar-refractivity contribution in [2.75, 3.05) is 0 Å². The van der Waals surface area contributed by atoms with E-state index in [1.165, 1.54) is 6.42 Å². The lowest BCUT2D eigenvalue weighted by atomic mass is 9.58. The van der Waals surface area contributed by atoms with Gasteiger partial charge in [0.25, 0.3) is 0 Å². The van der Waals surface area contributed by atoms with Crippen molar-refractivity contribution in [3.63, 3.8) is 0 Å². The molecule has 2 bridgehead atoms. The summed E-state index contributed by atoms with van der Waals surface area (Å²) in [5, 5.41) is 0.0312. The van der Waals surface area contributed by atoms with Gasteiger partial charge in [-0.3, -0.25) is 0 Å². The lowest BCUT2D eigenvalue weighted by molar-refractivity contribution is -0.568. The van der Waals surface area contributed by atoms with Crippen LogP contribution in [0.4, 0.5) is 0 Å². The Bertz CT molecular complexity index is 415. The lowest BCUT2D eigenvalue weighted by Crippen LogP contribution is -2.69. The van der Waals surface area contributed by atoms with Crippen molar-refractivity contribution in [3.05, 3.63) is 0 Å². The van der Waals surface area contributed by atoms with Gasteiger partial charge >= 0.3 is 0 Å². The number of rotatable bonds is 0. The summed E-state index contributed by atoms with van der Waals surface area (Å²) < 4.78 is 12.3. The molecular weight excluding hydrogens is 324 g/mol. The topological polar surface area (TPSA) is 36.9 Å². The Morgan fingerprint density at radius 2 is 1.85 bits per heavy atom. The molecule has 0 N–H and O–H groups in total. The normalized spacial score (nSPS) is 61.8. The van der Waals surface area contributed by atoms with Gasteiger partial charge in [-0.05, 0) is 43.9 Å². The van der Waals surface area contributed by atoms with E-state index in [4.69, 9.17) is 19.2 Å². The van der Waals surface area contributed by atoms with Crippen molar-refractivity contribution in [2.45, 2.75) is 69.1 Å². The largest absolute Gasteiger partial charge is 0.335 e. The zero-order valence-electron chi connectivity index (χ0n) is 12.3. The van der Waals surface area contributed by atoms with Gasteiger partial charge in [-0.2, -0.15) is 0 Å². The van der Waals surface area contributed by atoms with E-state index in [0.717, 1.165) is 19.3 Å². The predicted octanol–water partition coefficient (Wildman–Crippen LogP) is 3.59. The van der Waals surface area contributed by atoms with E-state index in [1.807, 2.05) is 6.92 Å². The van der Waals surface area contributed by atoms with Crippen LogP contribution in [-0.4, -0.2) is 22.7 Å². The first-order chi connectivity index (χ1) is 9.46. The monoisotopic (exact) mass is 346 g/mol. The zero-order chi connectivity index (χ0) is 14.1. The molecule has 5 aliphatic rings. The summed E-state index contributed by atoms with van der Waals surface area (Å²) >= 11 is 3.67. The predicted molar refractivity (Wildman–Crippen MR) is 75.8 cm³/mol. The molecule has 1 spiro atoms. The highest BCUT2D eigenvalue weighted by Gasteiger charge is 2.69. The standard InChI is InChI=1S/C15H23BrO4/c1-8-4-5-11-9(2)12(16)17-13-15(11)10(8)6-7-14(3,18-13)19-20-15/h8-13H,4-7H2,1-3H3/t8-,9-,10+,11+,12+,13-,14-,15-/m1/s1. The van der Waals surface area contributed by atoms with E-state index in [-0.39, 0.29) is 11.3 Å².